The monoisotopic (exact) mass is 288 g/mol. The van der Waals surface area contributed by atoms with Crippen LogP contribution in [0.4, 0.5) is 8.78 Å². The van der Waals surface area contributed by atoms with E-state index in [2.05, 4.69) is 0 Å². The van der Waals surface area contributed by atoms with Crippen molar-refractivity contribution in [2.45, 2.75) is 5.92 Å². The molecule has 108 valence electrons. The van der Waals surface area contributed by atoms with Crippen LogP contribution in [0.5, 0.6) is 5.75 Å². The summed E-state index contributed by atoms with van der Waals surface area (Å²) < 4.78 is 32.7. The van der Waals surface area contributed by atoms with Crippen LogP contribution in [0.2, 0.25) is 0 Å². The van der Waals surface area contributed by atoms with Gasteiger partial charge >= 0.3 is 5.92 Å². The maximum absolute atomic E-state index is 13.9. The Kier molecular flexibility index (Phi) is 4.48. The molecule has 0 radical (unpaired) electrons. The van der Waals surface area contributed by atoms with Crippen molar-refractivity contribution in [3.63, 3.8) is 0 Å². The summed E-state index contributed by atoms with van der Waals surface area (Å²) in [5.41, 5.74) is 0.554. The molecular weight excluding hydrogens is 274 g/mol. The average Bonchev–Trinajstić information content (AvgIpc) is 2.53. The van der Waals surface area contributed by atoms with Crippen LogP contribution in [0.3, 0.4) is 0 Å². The van der Waals surface area contributed by atoms with Crippen molar-refractivity contribution in [3.8, 4) is 5.75 Å². The maximum Gasteiger partial charge on any atom is 0.328 e. The number of alkyl halides is 2. The first-order valence-corrected chi connectivity index (χ1v) is 6.34. The summed E-state index contributed by atoms with van der Waals surface area (Å²) in [5, 5.41) is 0. The van der Waals surface area contributed by atoms with E-state index < -0.39 is 11.7 Å². The number of allylic oxidation sites excluding steroid dienone is 1. The Hall–Kier alpha value is -2.49. The van der Waals surface area contributed by atoms with Crippen molar-refractivity contribution < 1.29 is 18.3 Å². The van der Waals surface area contributed by atoms with E-state index in [1.54, 1.807) is 42.5 Å². The van der Waals surface area contributed by atoms with Crippen molar-refractivity contribution in [2.75, 3.05) is 7.11 Å². The molecule has 0 N–H and O–H groups in total. The molecule has 0 amide bonds. The molecule has 0 spiro atoms. The lowest BCUT2D eigenvalue weighted by Gasteiger charge is -2.10. The molecule has 2 aromatic rings. The first kappa shape index (κ1) is 14.9. The van der Waals surface area contributed by atoms with Gasteiger partial charge in [0.1, 0.15) is 5.75 Å². The van der Waals surface area contributed by atoms with E-state index in [-0.39, 0.29) is 5.56 Å². The van der Waals surface area contributed by atoms with Crippen LogP contribution in [0, 0.1) is 0 Å². The fourth-order valence-corrected chi connectivity index (χ4v) is 1.77. The van der Waals surface area contributed by atoms with Gasteiger partial charge in [0.2, 0.25) is 5.78 Å². The number of halogens is 2. The summed E-state index contributed by atoms with van der Waals surface area (Å²) in [6, 6.07) is 14.1. The number of methoxy groups -OCH3 is 1. The number of benzene rings is 2. The molecule has 0 aliphatic heterocycles. The maximum atomic E-state index is 13.9. The normalized spacial score (nSPS) is 11.6. The summed E-state index contributed by atoms with van der Waals surface area (Å²) in [7, 11) is 1.53. The molecule has 0 aliphatic carbocycles. The van der Waals surface area contributed by atoms with E-state index in [4.69, 9.17) is 4.74 Å². The van der Waals surface area contributed by atoms with E-state index >= 15 is 0 Å². The number of carbonyl (C=O) groups excluding carboxylic acids is 1. The lowest BCUT2D eigenvalue weighted by Crippen LogP contribution is -2.25. The third-order valence-corrected chi connectivity index (χ3v) is 2.94. The molecule has 0 saturated heterocycles. The lowest BCUT2D eigenvalue weighted by atomic mass is 10.0. The number of ketones is 1. The van der Waals surface area contributed by atoms with Crippen molar-refractivity contribution >= 4 is 11.9 Å². The fraction of sp³-hybridized carbons (Fsp3) is 0.118. The van der Waals surface area contributed by atoms with Gasteiger partial charge in [-0.1, -0.05) is 48.5 Å². The zero-order valence-corrected chi connectivity index (χ0v) is 11.4. The van der Waals surface area contributed by atoms with Crippen LogP contribution in [0.15, 0.2) is 60.7 Å². The zero-order chi connectivity index (χ0) is 15.3. The van der Waals surface area contributed by atoms with E-state index in [0.29, 0.717) is 17.4 Å². The Morgan fingerprint density at radius 3 is 2.24 bits per heavy atom. The van der Waals surface area contributed by atoms with Crippen molar-refractivity contribution in [2.24, 2.45) is 0 Å². The Labute approximate surface area is 121 Å². The van der Waals surface area contributed by atoms with Crippen LogP contribution < -0.4 is 4.74 Å². The van der Waals surface area contributed by atoms with Gasteiger partial charge in [-0.2, -0.15) is 8.78 Å². The molecule has 0 saturated carbocycles. The van der Waals surface area contributed by atoms with Crippen LogP contribution >= 0.6 is 0 Å². The smallest absolute Gasteiger partial charge is 0.328 e. The number of Topliss-reactive ketones (excluding diaryl/α,β-unsaturated/α-hetero) is 1. The average molecular weight is 288 g/mol. The topological polar surface area (TPSA) is 26.3 Å². The predicted molar refractivity (Wildman–Crippen MR) is 77.7 cm³/mol. The highest BCUT2D eigenvalue weighted by Crippen LogP contribution is 2.23. The van der Waals surface area contributed by atoms with Gasteiger partial charge in [0.05, 0.1) is 7.11 Å². The van der Waals surface area contributed by atoms with Crippen LogP contribution in [-0.4, -0.2) is 18.8 Å². The van der Waals surface area contributed by atoms with Gasteiger partial charge in [0, 0.05) is 5.56 Å². The fourth-order valence-electron chi connectivity index (χ4n) is 1.77. The standard InChI is InChI=1S/C17H14F2O2/c1-21-15-9-7-13(8-10-15)11-12-17(18,19)16(20)14-5-3-2-4-6-14/h2-12H,1H3/b12-11+. The number of rotatable bonds is 5. The van der Waals surface area contributed by atoms with Gasteiger partial charge in [-0.25, -0.2) is 0 Å². The molecule has 0 aliphatic rings. The van der Waals surface area contributed by atoms with Gasteiger partial charge < -0.3 is 4.74 Å². The van der Waals surface area contributed by atoms with Gasteiger partial charge in [0.25, 0.3) is 0 Å². The highest BCUT2D eigenvalue weighted by atomic mass is 19.3. The zero-order valence-electron chi connectivity index (χ0n) is 11.4. The van der Waals surface area contributed by atoms with E-state index in [1.165, 1.54) is 25.3 Å². The summed E-state index contributed by atoms with van der Waals surface area (Å²) in [5.74, 6) is -4.12. The minimum absolute atomic E-state index is 0.0121. The summed E-state index contributed by atoms with van der Waals surface area (Å²) in [4.78, 5) is 11.8. The van der Waals surface area contributed by atoms with Gasteiger partial charge in [-0.05, 0) is 23.8 Å². The molecule has 0 unspecified atom stereocenters. The molecule has 2 nitrogen and oxygen atoms in total. The third-order valence-electron chi connectivity index (χ3n) is 2.94. The van der Waals surface area contributed by atoms with Crippen LogP contribution in [-0.2, 0) is 0 Å². The summed E-state index contributed by atoms with van der Waals surface area (Å²) in [6.45, 7) is 0. The minimum atomic E-state index is -3.54. The SMILES string of the molecule is COc1ccc(/C=C/C(F)(F)C(=O)c2ccccc2)cc1. The third kappa shape index (κ3) is 3.75. The Bertz CT molecular complexity index is 632. The Morgan fingerprint density at radius 2 is 1.67 bits per heavy atom. The first-order valence-electron chi connectivity index (χ1n) is 6.34. The molecule has 0 atom stereocenters. The van der Waals surface area contributed by atoms with Crippen LogP contribution in [0.1, 0.15) is 15.9 Å². The number of hydrogen-bond donors (Lipinski definition) is 0. The quantitative estimate of drug-likeness (QED) is 0.770. The Balaban J connectivity index is 2.15. The van der Waals surface area contributed by atoms with Crippen molar-refractivity contribution in [1.82, 2.24) is 0 Å². The van der Waals surface area contributed by atoms with Crippen LogP contribution in [0.25, 0.3) is 6.08 Å². The van der Waals surface area contributed by atoms with Gasteiger partial charge in [-0.3, -0.25) is 4.79 Å². The van der Waals surface area contributed by atoms with Crippen molar-refractivity contribution in [3.05, 3.63) is 71.8 Å². The van der Waals surface area contributed by atoms with Gasteiger partial charge in [-0.15, -0.1) is 0 Å². The summed E-state index contributed by atoms with van der Waals surface area (Å²) in [6.07, 6.45) is 1.84. The molecule has 2 aromatic carbocycles. The second kappa shape index (κ2) is 6.31. The molecule has 0 heterocycles. The van der Waals surface area contributed by atoms with Gasteiger partial charge in [0.15, 0.2) is 0 Å². The second-order valence-corrected chi connectivity index (χ2v) is 4.42. The predicted octanol–water partition coefficient (Wildman–Crippen LogP) is 4.23. The molecule has 21 heavy (non-hydrogen) atoms. The molecule has 0 fully saturated rings. The van der Waals surface area contributed by atoms with E-state index in [0.717, 1.165) is 0 Å². The lowest BCUT2D eigenvalue weighted by molar-refractivity contribution is 0.0385. The summed E-state index contributed by atoms with van der Waals surface area (Å²) >= 11 is 0. The first-order chi connectivity index (χ1) is 10.0. The number of carbonyl (C=O) groups is 1. The highest BCUT2D eigenvalue weighted by molar-refractivity contribution is 6.03. The highest BCUT2D eigenvalue weighted by Gasteiger charge is 2.36. The van der Waals surface area contributed by atoms with E-state index in [9.17, 15) is 13.6 Å². The molecule has 0 bridgehead atoms. The molecule has 0 aromatic heterocycles. The van der Waals surface area contributed by atoms with Crippen molar-refractivity contribution in [1.29, 1.82) is 0 Å². The van der Waals surface area contributed by atoms with E-state index in [1.807, 2.05) is 0 Å². The molecule has 4 heteroatoms. The molecule has 2 rings (SSSR count). The number of hydrogen-bond acceptors (Lipinski definition) is 2. The second-order valence-electron chi connectivity index (χ2n) is 4.42. The largest absolute Gasteiger partial charge is 0.497 e. The molecular formula is C17H14F2O2. The number of ether oxygens (including phenoxy) is 1. The Morgan fingerprint density at radius 1 is 1.05 bits per heavy atom. The minimum Gasteiger partial charge on any atom is -0.497 e.